The Kier molecular flexibility index (Phi) is 4.62. The molecule has 0 unspecified atom stereocenters. The molecule has 1 rings (SSSR count). The third kappa shape index (κ3) is 3.35. The molecular weight excluding hydrogens is 219 g/mol. The number of alkyl halides is 3. The molecule has 0 atom stereocenters. The van der Waals surface area contributed by atoms with Gasteiger partial charge in [0.25, 0.3) is 0 Å². The molecule has 5 heteroatoms. The lowest BCUT2D eigenvalue weighted by molar-refractivity contribution is -0.185. The molecule has 0 aromatic carbocycles. The minimum absolute atomic E-state index is 0.0314. The highest BCUT2D eigenvalue weighted by atomic mass is 19.4. The second-order valence-electron chi connectivity index (χ2n) is 4.60. The summed E-state index contributed by atoms with van der Waals surface area (Å²) in [5.74, 6) is -1.15. The second kappa shape index (κ2) is 5.36. The van der Waals surface area contributed by atoms with Gasteiger partial charge in [0, 0.05) is 12.1 Å². The Balaban J connectivity index is 2.55. The Hall–Kier alpha value is -0.290. The summed E-state index contributed by atoms with van der Waals surface area (Å²) in [6.07, 6.45) is -2.15. The lowest BCUT2D eigenvalue weighted by Crippen LogP contribution is -2.49. The molecule has 0 aromatic heterocycles. The quantitative estimate of drug-likeness (QED) is 0.790. The summed E-state index contributed by atoms with van der Waals surface area (Å²) in [6, 6.07) is 0. The van der Waals surface area contributed by atoms with Gasteiger partial charge in [-0.2, -0.15) is 13.2 Å². The molecule has 2 N–H and O–H groups in total. The van der Waals surface area contributed by atoms with Crippen LogP contribution in [0.1, 0.15) is 39.0 Å². The van der Waals surface area contributed by atoms with E-state index in [0.717, 1.165) is 6.54 Å². The molecule has 1 fully saturated rings. The van der Waals surface area contributed by atoms with Gasteiger partial charge in [-0.25, -0.2) is 0 Å². The molecule has 96 valence electrons. The summed E-state index contributed by atoms with van der Waals surface area (Å²) in [5, 5.41) is 12.2. The van der Waals surface area contributed by atoms with Gasteiger partial charge in [0.2, 0.25) is 0 Å². The second-order valence-corrected chi connectivity index (χ2v) is 4.60. The zero-order chi connectivity index (χ0) is 12.2. The molecule has 16 heavy (non-hydrogen) atoms. The van der Waals surface area contributed by atoms with Gasteiger partial charge in [0.05, 0.1) is 5.92 Å². The first kappa shape index (κ1) is 13.8. The van der Waals surface area contributed by atoms with Crippen molar-refractivity contribution in [1.29, 1.82) is 0 Å². The molecule has 1 aliphatic rings. The first-order valence-corrected chi connectivity index (χ1v) is 5.86. The van der Waals surface area contributed by atoms with Gasteiger partial charge in [-0.15, -0.1) is 0 Å². The monoisotopic (exact) mass is 239 g/mol. The predicted octanol–water partition coefficient (Wildman–Crippen LogP) is 2.47. The molecule has 0 saturated heterocycles. The molecule has 1 aliphatic carbocycles. The van der Waals surface area contributed by atoms with Crippen molar-refractivity contribution in [2.24, 2.45) is 5.92 Å². The van der Waals surface area contributed by atoms with Gasteiger partial charge in [-0.3, -0.25) is 0 Å². The topological polar surface area (TPSA) is 32.3 Å². The average Bonchev–Trinajstić information content (AvgIpc) is 2.17. The van der Waals surface area contributed by atoms with Gasteiger partial charge in [0.1, 0.15) is 0 Å². The van der Waals surface area contributed by atoms with Crippen LogP contribution in [0, 0.1) is 5.92 Å². The van der Waals surface area contributed by atoms with Crippen molar-refractivity contribution >= 4 is 0 Å². The van der Waals surface area contributed by atoms with Gasteiger partial charge in [-0.05, 0) is 38.6 Å². The van der Waals surface area contributed by atoms with Crippen LogP contribution in [0.2, 0.25) is 0 Å². The zero-order valence-corrected chi connectivity index (χ0v) is 9.61. The van der Waals surface area contributed by atoms with Crippen molar-refractivity contribution in [3.63, 3.8) is 0 Å². The van der Waals surface area contributed by atoms with Crippen molar-refractivity contribution in [3.8, 4) is 0 Å². The Morgan fingerprint density at radius 2 is 1.88 bits per heavy atom. The average molecular weight is 239 g/mol. The predicted molar refractivity (Wildman–Crippen MR) is 56.1 cm³/mol. The number of hydrogen-bond donors (Lipinski definition) is 2. The third-order valence-corrected chi connectivity index (χ3v) is 3.55. The van der Waals surface area contributed by atoms with Crippen molar-refractivity contribution in [3.05, 3.63) is 0 Å². The Labute approximate surface area is 94.2 Å². The van der Waals surface area contributed by atoms with Gasteiger partial charge >= 0.3 is 6.18 Å². The van der Waals surface area contributed by atoms with E-state index in [4.69, 9.17) is 5.11 Å². The summed E-state index contributed by atoms with van der Waals surface area (Å²) in [5.41, 5.74) is -0.273. The molecule has 0 amide bonds. The molecule has 0 spiro atoms. The smallest absolute Gasteiger partial charge is 0.391 e. The largest absolute Gasteiger partial charge is 0.396 e. The van der Waals surface area contributed by atoms with E-state index in [1.807, 2.05) is 6.92 Å². The highest BCUT2D eigenvalue weighted by Crippen LogP contribution is 2.42. The SMILES string of the molecule is CCNC1(CCO)CCC(C(F)(F)F)CC1. The van der Waals surface area contributed by atoms with E-state index in [2.05, 4.69) is 5.32 Å². The normalized spacial score (nSPS) is 31.7. The Morgan fingerprint density at radius 1 is 1.31 bits per heavy atom. The number of aliphatic hydroxyl groups is 1. The van der Waals surface area contributed by atoms with Crippen LogP contribution in [0.25, 0.3) is 0 Å². The van der Waals surface area contributed by atoms with Gasteiger partial charge in [0.15, 0.2) is 0 Å². The summed E-state index contributed by atoms with van der Waals surface area (Å²) in [6.45, 7) is 2.70. The number of hydrogen-bond acceptors (Lipinski definition) is 2. The van der Waals surface area contributed by atoms with E-state index in [1.54, 1.807) is 0 Å². The molecule has 0 radical (unpaired) electrons. The molecule has 0 heterocycles. The molecular formula is C11H20F3NO. The fraction of sp³-hybridized carbons (Fsp3) is 1.00. The number of rotatable bonds is 4. The summed E-state index contributed by atoms with van der Waals surface area (Å²) in [7, 11) is 0. The van der Waals surface area contributed by atoms with Crippen molar-refractivity contribution in [2.45, 2.75) is 50.7 Å². The Bertz CT molecular complexity index is 202. The maximum absolute atomic E-state index is 12.5. The van der Waals surface area contributed by atoms with Gasteiger partial charge in [-0.1, -0.05) is 6.92 Å². The van der Waals surface area contributed by atoms with E-state index in [0.29, 0.717) is 19.3 Å². The van der Waals surface area contributed by atoms with Crippen molar-refractivity contribution in [2.75, 3.05) is 13.2 Å². The molecule has 2 nitrogen and oxygen atoms in total. The van der Waals surface area contributed by atoms with Crippen molar-refractivity contribution in [1.82, 2.24) is 5.32 Å². The van der Waals surface area contributed by atoms with Crippen LogP contribution < -0.4 is 5.32 Å². The van der Waals surface area contributed by atoms with Crippen LogP contribution in [0.3, 0.4) is 0 Å². The Morgan fingerprint density at radius 3 is 2.25 bits per heavy atom. The van der Waals surface area contributed by atoms with Crippen LogP contribution in [-0.2, 0) is 0 Å². The molecule has 0 aliphatic heterocycles. The molecule has 0 bridgehead atoms. The van der Waals surface area contributed by atoms with E-state index in [-0.39, 0.29) is 25.0 Å². The van der Waals surface area contributed by atoms with Crippen molar-refractivity contribution < 1.29 is 18.3 Å². The minimum atomic E-state index is -4.06. The number of halogens is 3. The third-order valence-electron chi connectivity index (χ3n) is 3.55. The maximum atomic E-state index is 12.5. The summed E-state index contributed by atoms with van der Waals surface area (Å²) < 4.78 is 37.5. The van der Waals surface area contributed by atoms with Crippen LogP contribution in [0.5, 0.6) is 0 Å². The minimum Gasteiger partial charge on any atom is -0.396 e. The highest BCUT2D eigenvalue weighted by molar-refractivity contribution is 4.93. The van der Waals surface area contributed by atoms with E-state index < -0.39 is 12.1 Å². The van der Waals surface area contributed by atoms with Gasteiger partial charge < -0.3 is 10.4 Å². The van der Waals surface area contributed by atoms with E-state index in [1.165, 1.54) is 0 Å². The molecule has 1 saturated carbocycles. The summed E-state index contributed by atoms with van der Waals surface area (Å²) in [4.78, 5) is 0. The first-order valence-electron chi connectivity index (χ1n) is 5.86. The zero-order valence-electron chi connectivity index (χ0n) is 9.61. The number of aliphatic hydroxyl groups excluding tert-OH is 1. The lowest BCUT2D eigenvalue weighted by Gasteiger charge is -2.41. The maximum Gasteiger partial charge on any atom is 0.391 e. The lowest BCUT2D eigenvalue weighted by atomic mass is 9.74. The fourth-order valence-corrected chi connectivity index (χ4v) is 2.60. The molecule has 0 aromatic rings. The summed E-state index contributed by atoms with van der Waals surface area (Å²) >= 11 is 0. The van der Waals surface area contributed by atoms with E-state index in [9.17, 15) is 13.2 Å². The van der Waals surface area contributed by atoms with Crippen LogP contribution in [0.4, 0.5) is 13.2 Å². The highest BCUT2D eigenvalue weighted by Gasteiger charge is 2.45. The van der Waals surface area contributed by atoms with Crippen LogP contribution >= 0.6 is 0 Å². The van der Waals surface area contributed by atoms with Crippen LogP contribution in [-0.4, -0.2) is 30.0 Å². The number of nitrogens with one attached hydrogen (secondary N) is 1. The first-order chi connectivity index (χ1) is 7.43. The standard InChI is InChI=1S/C11H20F3NO/c1-2-15-10(7-8-16)5-3-9(4-6-10)11(12,13)14/h9,15-16H,2-8H2,1H3. The fourth-order valence-electron chi connectivity index (χ4n) is 2.60. The van der Waals surface area contributed by atoms with Crippen LogP contribution in [0.15, 0.2) is 0 Å². The van der Waals surface area contributed by atoms with E-state index >= 15 is 0 Å².